The maximum absolute atomic E-state index is 11.5. The van der Waals surface area contributed by atoms with Crippen LogP contribution in [0.5, 0.6) is 0 Å². The molecular formula is C4H3F5. The third-order valence-corrected chi connectivity index (χ3v) is 0.613. The van der Waals surface area contributed by atoms with Crippen LogP contribution >= 0.6 is 0 Å². The molecule has 0 spiro atoms. The summed E-state index contributed by atoms with van der Waals surface area (Å²) >= 11 is 0. The number of allylic oxidation sites excluding steroid dienone is 1. The van der Waals surface area contributed by atoms with Crippen LogP contribution < -0.4 is 0 Å². The van der Waals surface area contributed by atoms with Crippen molar-refractivity contribution in [1.29, 1.82) is 0 Å². The highest BCUT2D eigenvalue weighted by atomic mass is 19.3. The summed E-state index contributed by atoms with van der Waals surface area (Å²) in [6, 6.07) is 0. The first-order chi connectivity index (χ1) is 4.04. The number of alkyl halides is 3. The molecule has 0 N–H and O–H groups in total. The van der Waals surface area contributed by atoms with Gasteiger partial charge in [0.1, 0.15) is 6.33 Å². The lowest BCUT2D eigenvalue weighted by Gasteiger charge is -2.05. The van der Waals surface area contributed by atoms with E-state index in [0.29, 0.717) is 0 Å². The van der Waals surface area contributed by atoms with Gasteiger partial charge in [-0.15, -0.1) is 0 Å². The maximum Gasteiger partial charge on any atom is 0.328 e. The second-order valence-corrected chi connectivity index (χ2v) is 1.30. The summed E-state index contributed by atoms with van der Waals surface area (Å²) in [5, 5.41) is 0. The minimum absolute atomic E-state index is 0.959. The summed E-state index contributed by atoms with van der Waals surface area (Å²) < 4.78 is 56.3. The highest BCUT2D eigenvalue weighted by Gasteiger charge is 2.35. The van der Waals surface area contributed by atoms with Gasteiger partial charge >= 0.3 is 5.92 Å². The summed E-state index contributed by atoms with van der Waals surface area (Å²) in [5.41, 5.74) is 0. The molecule has 0 aromatic rings. The van der Waals surface area contributed by atoms with Crippen LogP contribution in [0, 0.1) is 0 Å². The highest BCUT2D eigenvalue weighted by molar-refractivity contribution is 4.99. The Morgan fingerprint density at radius 2 is 1.89 bits per heavy atom. The number of rotatable bonds is 2. The van der Waals surface area contributed by atoms with Crippen molar-refractivity contribution in [2.75, 3.05) is 6.67 Å². The fourth-order valence-corrected chi connectivity index (χ4v) is 0.144. The third-order valence-electron chi connectivity index (χ3n) is 0.613. The molecule has 0 amide bonds. The molecule has 0 radical (unpaired) electrons. The molecular weight excluding hydrogens is 143 g/mol. The van der Waals surface area contributed by atoms with Gasteiger partial charge in [0.05, 0.1) is 0 Å². The van der Waals surface area contributed by atoms with Crippen LogP contribution in [0.2, 0.25) is 0 Å². The molecule has 0 atom stereocenters. The van der Waals surface area contributed by atoms with E-state index in [9.17, 15) is 22.0 Å². The van der Waals surface area contributed by atoms with Crippen LogP contribution in [-0.2, 0) is 0 Å². The number of hydrogen-bond donors (Lipinski definition) is 0. The monoisotopic (exact) mass is 146 g/mol. The normalized spacial score (nSPS) is 14.1. The van der Waals surface area contributed by atoms with Crippen molar-refractivity contribution in [3.8, 4) is 0 Å². The van der Waals surface area contributed by atoms with Crippen molar-refractivity contribution in [3.63, 3.8) is 0 Å². The maximum atomic E-state index is 11.5. The Bertz CT molecular complexity index is 116. The highest BCUT2D eigenvalue weighted by Crippen LogP contribution is 2.25. The minimum Gasteiger partial charge on any atom is -0.244 e. The zero-order chi connectivity index (χ0) is 7.49. The van der Waals surface area contributed by atoms with Gasteiger partial charge in [0, 0.05) is 0 Å². The van der Waals surface area contributed by atoms with Gasteiger partial charge in [-0.1, -0.05) is 0 Å². The van der Waals surface area contributed by atoms with Crippen molar-refractivity contribution in [3.05, 3.63) is 12.2 Å². The van der Waals surface area contributed by atoms with Crippen LogP contribution in [0.3, 0.4) is 0 Å². The van der Waals surface area contributed by atoms with Crippen LogP contribution in [0.25, 0.3) is 0 Å². The van der Waals surface area contributed by atoms with Crippen LogP contribution in [-0.4, -0.2) is 12.6 Å². The second kappa shape index (κ2) is 2.80. The largest absolute Gasteiger partial charge is 0.328 e. The van der Waals surface area contributed by atoms with E-state index < -0.39 is 24.8 Å². The topological polar surface area (TPSA) is 0 Å². The molecule has 0 nitrogen and oxygen atoms in total. The molecule has 0 heterocycles. The van der Waals surface area contributed by atoms with E-state index in [1.165, 1.54) is 0 Å². The lowest BCUT2D eigenvalue weighted by Crippen LogP contribution is -2.18. The van der Waals surface area contributed by atoms with Crippen LogP contribution in [0.4, 0.5) is 22.0 Å². The Labute approximate surface area is 48.0 Å². The van der Waals surface area contributed by atoms with E-state index in [2.05, 4.69) is 0 Å². The molecule has 0 rings (SSSR count). The first-order valence-electron chi connectivity index (χ1n) is 1.94. The van der Waals surface area contributed by atoms with Crippen molar-refractivity contribution in [2.45, 2.75) is 5.92 Å². The fraction of sp³-hybridized carbons (Fsp3) is 0.500. The van der Waals surface area contributed by atoms with E-state index in [1.54, 1.807) is 0 Å². The third kappa shape index (κ3) is 1.99. The Balaban J connectivity index is 4.14. The van der Waals surface area contributed by atoms with Crippen molar-refractivity contribution >= 4 is 0 Å². The average Bonchev–Trinajstić information content (AvgIpc) is 1.86. The first-order valence-corrected chi connectivity index (χ1v) is 1.94. The first kappa shape index (κ1) is 8.39. The van der Waals surface area contributed by atoms with E-state index in [1.807, 2.05) is 0 Å². The summed E-state index contributed by atoms with van der Waals surface area (Å²) in [4.78, 5) is 0. The Morgan fingerprint density at radius 3 is 2.00 bits per heavy atom. The molecule has 0 aliphatic carbocycles. The van der Waals surface area contributed by atoms with Crippen molar-refractivity contribution in [2.24, 2.45) is 0 Å². The van der Waals surface area contributed by atoms with Crippen LogP contribution in [0.1, 0.15) is 0 Å². The number of halogens is 5. The van der Waals surface area contributed by atoms with Gasteiger partial charge in [0.15, 0.2) is 12.5 Å². The predicted octanol–water partition coefficient (Wildman–Crippen LogP) is 2.37. The van der Waals surface area contributed by atoms with E-state index in [0.717, 1.165) is 0 Å². The quantitative estimate of drug-likeness (QED) is 0.524. The predicted molar refractivity (Wildman–Crippen MR) is 21.2 cm³/mol. The lowest BCUT2D eigenvalue weighted by atomic mass is 10.3. The van der Waals surface area contributed by atoms with Crippen molar-refractivity contribution in [1.82, 2.24) is 0 Å². The molecule has 0 aromatic heterocycles. The molecule has 0 saturated heterocycles. The average molecular weight is 146 g/mol. The van der Waals surface area contributed by atoms with E-state index in [4.69, 9.17) is 0 Å². The lowest BCUT2D eigenvalue weighted by molar-refractivity contribution is -0.00695. The molecule has 54 valence electrons. The van der Waals surface area contributed by atoms with E-state index >= 15 is 0 Å². The van der Waals surface area contributed by atoms with Crippen LogP contribution in [0.15, 0.2) is 12.2 Å². The Morgan fingerprint density at radius 1 is 1.44 bits per heavy atom. The van der Waals surface area contributed by atoms with Gasteiger partial charge in [0.25, 0.3) is 0 Å². The van der Waals surface area contributed by atoms with Gasteiger partial charge in [-0.25, -0.2) is 13.2 Å². The molecule has 0 bridgehead atoms. The SMILES string of the molecule is F/C=C(/F)C(F)(F)CF. The summed E-state index contributed by atoms with van der Waals surface area (Å²) in [6.45, 7) is -2.22. The molecule has 0 aliphatic heterocycles. The molecule has 0 saturated carbocycles. The smallest absolute Gasteiger partial charge is 0.244 e. The van der Waals surface area contributed by atoms with Gasteiger partial charge in [-0.2, -0.15) is 8.78 Å². The molecule has 0 fully saturated rings. The zero-order valence-electron chi connectivity index (χ0n) is 4.17. The summed E-state index contributed by atoms with van der Waals surface area (Å²) in [7, 11) is 0. The van der Waals surface area contributed by atoms with Gasteiger partial charge in [-0.05, 0) is 0 Å². The minimum atomic E-state index is -4.30. The number of hydrogen-bond acceptors (Lipinski definition) is 0. The standard InChI is InChI=1S/C4H3F5/c5-1-3(7)4(8,9)2-6/h1H,2H2/b3-1+. The van der Waals surface area contributed by atoms with Gasteiger partial charge < -0.3 is 0 Å². The van der Waals surface area contributed by atoms with Crippen molar-refractivity contribution < 1.29 is 22.0 Å². The molecule has 0 aromatic carbocycles. The van der Waals surface area contributed by atoms with Gasteiger partial charge in [0.2, 0.25) is 0 Å². The second-order valence-electron chi connectivity index (χ2n) is 1.30. The molecule has 5 heteroatoms. The summed E-state index contributed by atoms with van der Waals surface area (Å²) in [5.74, 6) is -6.68. The fourth-order valence-electron chi connectivity index (χ4n) is 0.144. The molecule has 9 heavy (non-hydrogen) atoms. The zero-order valence-corrected chi connectivity index (χ0v) is 4.17. The Kier molecular flexibility index (Phi) is 2.61. The Hall–Kier alpha value is -0.610. The van der Waals surface area contributed by atoms with E-state index in [-0.39, 0.29) is 0 Å². The molecule has 0 aliphatic rings. The summed E-state index contributed by atoms with van der Waals surface area (Å²) in [6.07, 6.45) is -0.959. The molecule has 0 unspecified atom stereocenters. The van der Waals surface area contributed by atoms with Gasteiger partial charge in [-0.3, -0.25) is 0 Å².